The molecule has 1 fully saturated rings. The smallest absolute Gasteiger partial charge is 0.345 e. The van der Waals surface area contributed by atoms with E-state index in [2.05, 4.69) is 27.0 Å². The van der Waals surface area contributed by atoms with Crippen LogP contribution >= 0.6 is 11.3 Å². The molecule has 1 aromatic carbocycles. The Bertz CT molecular complexity index is 893. The van der Waals surface area contributed by atoms with Crippen LogP contribution in [0.3, 0.4) is 0 Å². The van der Waals surface area contributed by atoms with Crippen molar-refractivity contribution < 1.29 is 9.90 Å². The van der Waals surface area contributed by atoms with Crippen molar-refractivity contribution in [3.8, 4) is 0 Å². The molecule has 1 aliphatic rings. The highest BCUT2D eigenvalue weighted by molar-refractivity contribution is 7.14. The second-order valence-corrected chi connectivity index (χ2v) is 7.13. The zero-order chi connectivity index (χ0) is 16.5. The van der Waals surface area contributed by atoms with E-state index in [0.29, 0.717) is 10.9 Å². The molecule has 0 radical (unpaired) electrons. The third-order valence-corrected chi connectivity index (χ3v) is 5.62. The minimum Gasteiger partial charge on any atom is -0.477 e. The summed E-state index contributed by atoms with van der Waals surface area (Å²) in [6.45, 7) is 1.88. The van der Waals surface area contributed by atoms with Gasteiger partial charge in [-0.2, -0.15) is 0 Å². The first-order valence-electron chi connectivity index (χ1n) is 7.97. The van der Waals surface area contributed by atoms with Crippen molar-refractivity contribution >= 4 is 28.3 Å². The third-order valence-electron chi connectivity index (χ3n) is 4.45. The van der Waals surface area contributed by atoms with E-state index in [1.54, 1.807) is 18.5 Å². The highest BCUT2D eigenvalue weighted by Crippen LogP contribution is 2.37. The number of fused-ring (bicyclic) bond motifs is 1. The Morgan fingerprint density at radius 2 is 2.04 bits per heavy atom. The van der Waals surface area contributed by atoms with Crippen molar-refractivity contribution in [2.24, 2.45) is 0 Å². The van der Waals surface area contributed by atoms with E-state index >= 15 is 0 Å². The molecule has 1 aliphatic heterocycles. The fourth-order valence-electron chi connectivity index (χ4n) is 3.33. The molecule has 2 aromatic heterocycles. The Balaban J connectivity index is 1.56. The number of likely N-dealkylation sites (tertiary alicyclic amines) is 1. The second kappa shape index (κ2) is 6.30. The zero-order valence-corrected chi connectivity index (χ0v) is 13.9. The topological polar surface area (TPSA) is 66.3 Å². The fraction of sp³-hybridized carbons (Fsp3) is 0.278. The van der Waals surface area contributed by atoms with Crippen LogP contribution in [0.1, 0.15) is 39.0 Å². The molecule has 24 heavy (non-hydrogen) atoms. The van der Waals surface area contributed by atoms with Crippen molar-refractivity contribution in [2.45, 2.75) is 25.4 Å². The summed E-state index contributed by atoms with van der Waals surface area (Å²) in [5, 5.41) is 9.13. The molecule has 122 valence electrons. The molecule has 0 saturated carbocycles. The SMILES string of the molecule is O=C(O)c1ccc(C2CCCN2Cc2ccc3nccnc3c2)s1. The van der Waals surface area contributed by atoms with Crippen molar-refractivity contribution in [2.75, 3.05) is 6.54 Å². The molecule has 5 nitrogen and oxygen atoms in total. The van der Waals surface area contributed by atoms with Crippen LogP contribution < -0.4 is 0 Å². The molecule has 0 aliphatic carbocycles. The Hall–Kier alpha value is -2.31. The Morgan fingerprint density at radius 1 is 1.21 bits per heavy atom. The minimum atomic E-state index is -0.844. The monoisotopic (exact) mass is 339 g/mol. The largest absolute Gasteiger partial charge is 0.477 e. The lowest BCUT2D eigenvalue weighted by molar-refractivity contribution is 0.0702. The van der Waals surface area contributed by atoms with Gasteiger partial charge < -0.3 is 5.11 Å². The second-order valence-electron chi connectivity index (χ2n) is 6.02. The Kier molecular flexibility index (Phi) is 4.00. The van der Waals surface area contributed by atoms with Gasteiger partial charge in [0.1, 0.15) is 4.88 Å². The van der Waals surface area contributed by atoms with Gasteiger partial charge in [0.2, 0.25) is 0 Å². The van der Waals surface area contributed by atoms with Gasteiger partial charge in [0.05, 0.1) is 11.0 Å². The molecular weight excluding hydrogens is 322 g/mol. The van der Waals surface area contributed by atoms with Gasteiger partial charge in [-0.25, -0.2) is 4.79 Å². The standard InChI is InChI=1S/C18H17N3O2S/c22-18(23)17-6-5-16(24-17)15-2-1-9-21(15)11-12-3-4-13-14(10-12)20-8-7-19-13/h3-8,10,15H,1-2,9,11H2,(H,22,23). The number of aromatic carboxylic acids is 1. The van der Waals surface area contributed by atoms with Gasteiger partial charge in [0.25, 0.3) is 0 Å². The highest BCUT2D eigenvalue weighted by atomic mass is 32.1. The molecule has 1 N–H and O–H groups in total. The van der Waals surface area contributed by atoms with Crippen LogP contribution in [0.25, 0.3) is 11.0 Å². The summed E-state index contributed by atoms with van der Waals surface area (Å²) < 4.78 is 0. The van der Waals surface area contributed by atoms with Gasteiger partial charge in [-0.3, -0.25) is 14.9 Å². The lowest BCUT2D eigenvalue weighted by Gasteiger charge is -2.23. The molecule has 4 rings (SSSR count). The third kappa shape index (κ3) is 2.90. The molecule has 0 spiro atoms. The summed E-state index contributed by atoms with van der Waals surface area (Å²) >= 11 is 1.39. The summed E-state index contributed by atoms with van der Waals surface area (Å²) in [5.74, 6) is -0.844. The molecule has 0 amide bonds. The van der Waals surface area contributed by atoms with E-state index in [4.69, 9.17) is 5.11 Å². The van der Waals surface area contributed by atoms with E-state index in [0.717, 1.165) is 41.8 Å². The summed E-state index contributed by atoms with van der Waals surface area (Å²) in [7, 11) is 0. The van der Waals surface area contributed by atoms with Crippen LogP contribution in [0, 0.1) is 0 Å². The number of carbonyl (C=O) groups is 1. The molecule has 1 atom stereocenters. The molecular formula is C18H17N3O2S. The normalized spacial score (nSPS) is 18.2. The van der Waals surface area contributed by atoms with Gasteiger partial charge in [0, 0.05) is 29.9 Å². The zero-order valence-electron chi connectivity index (χ0n) is 13.1. The van der Waals surface area contributed by atoms with E-state index in [1.165, 1.54) is 16.9 Å². The predicted octanol–water partition coefficient (Wildman–Crippen LogP) is 3.73. The number of nitrogens with zero attached hydrogens (tertiary/aromatic N) is 3. The summed E-state index contributed by atoms with van der Waals surface area (Å²) in [6.07, 6.45) is 5.63. The first-order chi connectivity index (χ1) is 11.7. The summed E-state index contributed by atoms with van der Waals surface area (Å²) in [5.41, 5.74) is 3.03. The van der Waals surface area contributed by atoms with Crippen LogP contribution in [0.2, 0.25) is 0 Å². The molecule has 1 unspecified atom stereocenters. The van der Waals surface area contributed by atoms with Crippen LogP contribution in [0.15, 0.2) is 42.7 Å². The molecule has 3 aromatic rings. The quantitative estimate of drug-likeness (QED) is 0.784. The van der Waals surface area contributed by atoms with Gasteiger partial charge in [-0.1, -0.05) is 6.07 Å². The molecule has 6 heteroatoms. The lowest BCUT2D eigenvalue weighted by atomic mass is 10.1. The van der Waals surface area contributed by atoms with E-state index in [9.17, 15) is 4.79 Å². The highest BCUT2D eigenvalue weighted by Gasteiger charge is 2.27. The number of carboxylic acids is 1. The number of hydrogen-bond donors (Lipinski definition) is 1. The number of hydrogen-bond acceptors (Lipinski definition) is 5. The number of benzene rings is 1. The maximum Gasteiger partial charge on any atom is 0.345 e. The maximum atomic E-state index is 11.1. The van der Waals surface area contributed by atoms with Gasteiger partial charge >= 0.3 is 5.97 Å². The van der Waals surface area contributed by atoms with E-state index < -0.39 is 5.97 Å². The average Bonchev–Trinajstić information content (AvgIpc) is 3.23. The van der Waals surface area contributed by atoms with Crippen LogP contribution in [-0.4, -0.2) is 32.5 Å². The maximum absolute atomic E-state index is 11.1. The Morgan fingerprint density at radius 3 is 2.83 bits per heavy atom. The molecule has 1 saturated heterocycles. The van der Waals surface area contributed by atoms with Crippen LogP contribution in [-0.2, 0) is 6.54 Å². The first-order valence-corrected chi connectivity index (χ1v) is 8.79. The van der Waals surface area contributed by atoms with Crippen LogP contribution in [0.4, 0.5) is 0 Å². The Labute approximate surface area is 143 Å². The van der Waals surface area contributed by atoms with Gasteiger partial charge in [-0.05, 0) is 49.2 Å². The van der Waals surface area contributed by atoms with Crippen LogP contribution in [0.5, 0.6) is 0 Å². The van der Waals surface area contributed by atoms with Crippen molar-refractivity contribution in [3.05, 3.63) is 58.0 Å². The number of rotatable bonds is 4. The number of carboxylic acid groups (broad SMARTS) is 1. The van der Waals surface area contributed by atoms with E-state index in [-0.39, 0.29) is 0 Å². The average molecular weight is 339 g/mol. The summed E-state index contributed by atoms with van der Waals surface area (Å²) in [6, 6.07) is 10.2. The number of aromatic nitrogens is 2. The summed E-state index contributed by atoms with van der Waals surface area (Å²) in [4.78, 5) is 23.8. The first kappa shape index (κ1) is 15.2. The predicted molar refractivity (Wildman–Crippen MR) is 93.2 cm³/mol. The van der Waals surface area contributed by atoms with Gasteiger partial charge in [0.15, 0.2) is 0 Å². The number of thiophene rings is 1. The van der Waals surface area contributed by atoms with Gasteiger partial charge in [-0.15, -0.1) is 11.3 Å². The fourth-order valence-corrected chi connectivity index (χ4v) is 4.34. The molecule has 3 heterocycles. The van der Waals surface area contributed by atoms with Crippen molar-refractivity contribution in [3.63, 3.8) is 0 Å². The van der Waals surface area contributed by atoms with E-state index in [1.807, 2.05) is 12.1 Å². The van der Waals surface area contributed by atoms with Crippen molar-refractivity contribution in [1.29, 1.82) is 0 Å². The minimum absolute atomic E-state index is 0.306. The molecule has 0 bridgehead atoms. The lowest BCUT2D eigenvalue weighted by Crippen LogP contribution is -2.22. The van der Waals surface area contributed by atoms with Crippen molar-refractivity contribution in [1.82, 2.24) is 14.9 Å².